The van der Waals surface area contributed by atoms with Gasteiger partial charge in [-0.15, -0.1) is 0 Å². The Labute approximate surface area is 249 Å². The number of benzene rings is 2. The summed E-state index contributed by atoms with van der Waals surface area (Å²) in [6, 6.07) is 16.1. The summed E-state index contributed by atoms with van der Waals surface area (Å²) < 4.78 is 0. The van der Waals surface area contributed by atoms with Gasteiger partial charge in [0.1, 0.15) is 0 Å². The Morgan fingerprint density at radius 2 is 1.71 bits per heavy atom. The van der Waals surface area contributed by atoms with E-state index in [1.807, 2.05) is 0 Å². The van der Waals surface area contributed by atoms with Crippen LogP contribution in [-0.4, -0.2) is 0 Å². The molecule has 2 aromatic carbocycles. The lowest BCUT2D eigenvalue weighted by Crippen LogP contribution is -2.32. The predicted octanol–water partition coefficient (Wildman–Crippen LogP) is 11.4. The molecule has 0 heteroatoms. The molecular weight excluding hydrogens is 492 g/mol. The van der Waals surface area contributed by atoms with Crippen LogP contribution in [0.15, 0.2) is 114 Å². The van der Waals surface area contributed by atoms with E-state index < -0.39 is 0 Å². The first-order valence-corrected chi connectivity index (χ1v) is 15.8. The molecule has 1 saturated carbocycles. The minimum Gasteiger partial charge on any atom is -0.0995 e. The van der Waals surface area contributed by atoms with E-state index in [-0.39, 0.29) is 0 Å². The molecule has 212 valence electrons. The summed E-state index contributed by atoms with van der Waals surface area (Å²) in [7, 11) is 0. The van der Waals surface area contributed by atoms with Crippen molar-refractivity contribution in [3.05, 3.63) is 142 Å². The molecule has 0 aliphatic heterocycles. The molecule has 0 nitrogen and oxygen atoms in total. The lowest BCUT2D eigenvalue weighted by Gasteiger charge is -2.42. The van der Waals surface area contributed by atoms with Crippen LogP contribution in [0.2, 0.25) is 0 Å². The number of allylic oxidation sites excluding steroid dienone is 11. The Morgan fingerprint density at radius 3 is 2.37 bits per heavy atom. The SMILES string of the molecule is C=C(C)c1ccc(C2=CC=C(/C=C3/CC4=CC(C)C(C(=C)CCC)C(c5cc(CC)ccc5CC)C4C3=C)C2)cc1. The van der Waals surface area contributed by atoms with Crippen LogP contribution in [0, 0.1) is 17.8 Å². The average Bonchev–Trinajstić information content (AvgIpc) is 3.56. The molecule has 2 aromatic rings. The van der Waals surface area contributed by atoms with Gasteiger partial charge in [-0.2, -0.15) is 0 Å². The molecule has 0 amide bonds. The van der Waals surface area contributed by atoms with Crippen LogP contribution < -0.4 is 0 Å². The number of rotatable bonds is 9. The lowest BCUT2D eigenvalue weighted by atomic mass is 9.61. The first kappa shape index (κ1) is 29.1. The number of hydrogen-bond acceptors (Lipinski definition) is 0. The highest BCUT2D eigenvalue weighted by atomic mass is 14.5. The van der Waals surface area contributed by atoms with E-state index in [0.29, 0.717) is 23.7 Å². The van der Waals surface area contributed by atoms with Gasteiger partial charge in [0.25, 0.3) is 0 Å². The van der Waals surface area contributed by atoms with E-state index in [9.17, 15) is 0 Å². The van der Waals surface area contributed by atoms with Crippen molar-refractivity contribution in [2.45, 2.75) is 79.1 Å². The van der Waals surface area contributed by atoms with E-state index >= 15 is 0 Å². The summed E-state index contributed by atoms with van der Waals surface area (Å²) in [5.41, 5.74) is 16.6. The summed E-state index contributed by atoms with van der Waals surface area (Å²) in [4.78, 5) is 0. The molecule has 0 bridgehead atoms. The molecule has 41 heavy (non-hydrogen) atoms. The predicted molar refractivity (Wildman–Crippen MR) is 180 cm³/mol. The average molecular weight is 541 g/mol. The fourth-order valence-electron chi connectivity index (χ4n) is 7.61. The second-order valence-electron chi connectivity index (χ2n) is 12.6. The molecule has 4 atom stereocenters. The maximum atomic E-state index is 4.81. The molecule has 3 aliphatic rings. The molecule has 0 saturated heterocycles. The minimum atomic E-state index is 0.359. The maximum absolute atomic E-state index is 4.81. The van der Waals surface area contributed by atoms with Crippen LogP contribution in [0.25, 0.3) is 11.1 Å². The van der Waals surface area contributed by atoms with E-state index in [0.717, 1.165) is 44.1 Å². The van der Waals surface area contributed by atoms with E-state index in [2.05, 4.69) is 108 Å². The van der Waals surface area contributed by atoms with E-state index in [1.165, 1.54) is 50.1 Å². The third-order valence-corrected chi connectivity index (χ3v) is 9.77. The lowest BCUT2D eigenvalue weighted by molar-refractivity contribution is 0.321. The quantitative estimate of drug-likeness (QED) is 0.277. The molecule has 0 heterocycles. The summed E-state index contributed by atoms with van der Waals surface area (Å²) in [6.07, 6.45) is 16.0. The zero-order chi connectivity index (χ0) is 29.3. The summed E-state index contributed by atoms with van der Waals surface area (Å²) in [6.45, 7) is 24.9. The summed E-state index contributed by atoms with van der Waals surface area (Å²) in [5, 5.41) is 0. The van der Waals surface area contributed by atoms with Crippen molar-refractivity contribution < 1.29 is 0 Å². The van der Waals surface area contributed by atoms with Crippen LogP contribution in [0.5, 0.6) is 0 Å². The molecule has 0 radical (unpaired) electrons. The Bertz CT molecular complexity index is 1480. The fourth-order valence-corrected chi connectivity index (χ4v) is 7.61. The Balaban J connectivity index is 1.46. The van der Waals surface area contributed by atoms with Crippen molar-refractivity contribution in [3.63, 3.8) is 0 Å². The van der Waals surface area contributed by atoms with Crippen molar-refractivity contribution in [3.8, 4) is 0 Å². The molecule has 1 fully saturated rings. The van der Waals surface area contributed by atoms with Crippen molar-refractivity contribution >= 4 is 11.1 Å². The first-order valence-electron chi connectivity index (χ1n) is 15.8. The van der Waals surface area contributed by atoms with Crippen LogP contribution >= 0.6 is 0 Å². The normalized spacial score (nSPS) is 24.7. The number of hydrogen-bond donors (Lipinski definition) is 0. The van der Waals surface area contributed by atoms with Gasteiger partial charge in [0, 0.05) is 11.8 Å². The van der Waals surface area contributed by atoms with Gasteiger partial charge in [0.15, 0.2) is 0 Å². The topological polar surface area (TPSA) is 0 Å². The van der Waals surface area contributed by atoms with Gasteiger partial charge >= 0.3 is 0 Å². The van der Waals surface area contributed by atoms with Gasteiger partial charge in [-0.25, -0.2) is 0 Å². The fraction of sp³-hybridized carbons (Fsp3) is 0.366. The molecule has 0 spiro atoms. The summed E-state index contributed by atoms with van der Waals surface area (Å²) in [5.74, 6) is 1.69. The van der Waals surface area contributed by atoms with Crippen molar-refractivity contribution in [1.29, 1.82) is 0 Å². The van der Waals surface area contributed by atoms with Gasteiger partial charge in [-0.1, -0.05) is 137 Å². The highest BCUT2D eigenvalue weighted by molar-refractivity contribution is 5.75. The van der Waals surface area contributed by atoms with Crippen LogP contribution in [0.4, 0.5) is 0 Å². The zero-order valence-electron chi connectivity index (χ0n) is 26.0. The van der Waals surface area contributed by atoms with Gasteiger partial charge < -0.3 is 0 Å². The van der Waals surface area contributed by atoms with E-state index in [4.69, 9.17) is 13.2 Å². The van der Waals surface area contributed by atoms with Gasteiger partial charge in [0.2, 0.25) is 0 Å². The standard InChI is InChI=1S/C41H48/c1-9-12-27(6)39-28(7)21-37-25-36(23-31-14-16-35(22-31)34-19-17-33(18-20-34)26(4)5)29(8)40(37)41(39)38-24-30(10-2)13-15-32(38)11-3/h13-21,23-24,28,39-41H,4,6,8-12,22,25H2,1-3,5,7H3/b36-23-. The first-order chi connectivity index (χ1) is 19.7. The molecule has 5 rings (SSSR count). The molecule has 4 unspecified atom stereocenters. The second kappa shape index (κ2) is 12.2. The van der Waals surface area contributed by atoms with Crippen LogP contribution in [0.3, 0.4) is 0 Å². The summed E-state index contributed by atoms with van der Waals surface area (Å²) >= 11 is 0. The monoisotopic (exact) mass is 540 g/mol. The van der Waals surface area contributed by atoms with E-state index in [1.54, 1.807) is 11.1 Å². The number of aryl methyl sites for hydroxylation is 2. The highest BCUT2D eigenvalue weighted by Crippen LogP contribution is 2.57. The minimum absolute atomic E-state index is 0.359. The Hall–Kier alpha value is -3.38. The smallest absolute Gasteiger partial charge is 0.0123 e. The Kier molecular flexibility index (Phi) is 8.69. The Morgan fingerprint density at radius 1 is 0.951 bits per heavy atom. The third-order valence-electron chi connectivity index (χ3n) is 9.77. The maximum Gasteiger partial charge on any atom is 0.0123 e. The highest BCUT2D eigenvalue weighted by Gasteiger charge is 2.45. The van der Waals surface area contributed by atoms with Gasteiger partial charge in [-0.05, 0) is 101 Å². The third kappa shape index (κ3) is 5.72. The zero-order valence-corrected chi connectivity index (χ0v) is 26.0. The largest absolute Gasteiger partial charge is 0.0995 e. The molecule has 3 aliphatic carbocycles. The second-order valence-corrected chi connectivity index (χ2v) is 12.6. The molecule has 0 N–H and O–H groups in total. The molecular formula is C41H48. The van der Waals surface area contributed by atoms with Crippen molar-refractivity contribution in [1.82, 2.24) is 0 Å². The van der Waals surface area contributed by atoms with Crippen LogP contribution in [-0.2, 0) is 12.8 Å². The van der Waals surface area contributed by atoms with Gasteiger partial charge in [-0.3, -0.25) is 0 Å². The number of fused-ring (bicyclic) bond motifs is 1. The van der Waals surface area contributed by atoms with Crippen LogP contribution in [0.1, 0.15) is 94.0 Å². The molecule has 0 aromatic heterocycles. The van der Waals surface area contributed by atoms with Crippen molar-refractivity contribution in [2.24, 2.45) is 17.8 Å². The van der Waals surface area contributed by atoms with Crippen molar-refractivity contribution in [2.75, 3.05) is 0 Å². The van der Waals surface area contributed by atoms with Gasteiger partial charge in [0.05, 0.1) is 0 Å².